The average molecular weight is 741 g/mol. The lowest BCUT2D eigenvalue weighted by molar-refractivity contribution is 0.0921. The van der Waals surface area contributed by atoms with Crippen molar-refractivity contribution in [2.45, 2.75) is 84.0 Å². The van der Waals surface area contributed by atoms with Crippen molar-refractivity contribution in [2.75, 3.05) is 6.61 Å². The molecule has 1 aliphatic carbocycles. The van der Waals surface area contributed by atoms with E-state index in [1.165, 1.54) is 30.5 Å². The number of rotatable bonds is 9. The zero-order valence-corrected chi connectivity index (χ0v) is 30.8. The molecule has 1 fully saturated rings. The highest BCUT2D eigenvalue weighted by Gasteiger charge is 2.41. The summed E-state index contributed by atoms with van der Waals surface area (Å²) in [6.45, 7) is 16.7. The number of ether oxygens (including phenoxy) is 1. The predicted molar refractivity (Wildman–Crippen MR) is 191 cm³/mol. The van der Waals surface area contributed by atoms with Gasteiger partial charge in [0.2, 0.25) is 0 Å². The summed E-state index contributed by atoms with van der Waals surface area (Å²) >= 11 is 7.11. The number of hydrogen-bond donors (Lipinski definition) is 1. The van der Waals surface area contributed by atoms with Crippen molar-refractivity contribution in [3.8, 4) is 17.1 Å². The highest BCUT2D eigenvalue weighted by atomic mass is 79.9. The first kappa shape index (κ1) is 31.7. The molecular formula is C36H41Br2FN2O2Si. The van der Waals surface area contributed by atoms with Gasteiger partial charge in [0.15, 0.2) is 8.32 Å². The van der Waals surface area contributed by atoms with Crippen LogP contribution in [0.5, 0.6) is 5.75 Å². The number of benzene rings is 4. The Balaban J connectivity index is 1.48. The van der Waals surface area contributed by atoms with E-state index in [9.17, 15) is 4.39 Å². The molecule has 1 heterocycles. The number of nitrogens with one attached hydrogen (secondary N) is 1. The minimum atomic E-state index is -1.96. The molecule has 0 amide bonds. The van der Waals surface area contributed by atoms with Crippen molar-refractivity contribution < 1.29 is 13.6 Å². The maximum absolute atomic E-state index is 14.1. The molecule has 232 valence electrons. The smallest absolute Gasteiger partial charge is 0.192 e. The molecule has 44 heavy (non-hydrogen) atoms. The Bertz CT molecular complexity index is 1870. The maximum atomic E-state index is 14.1. The molecule has 1 aromatic heterocycles. The van der Waals surface area contributed by atoms with Gasteiger partial charge in [-0.25, -0.2) is 9.37 Å². The molecular weight excluding hydrogens is 699 g/mol. The van der Waals surface area contributed by atoms with E-state index >= 15 is 0 Å². The molecule has 1 aliphatic rings. The number of imidazole rings is 1. The summed E-state index contributed by atoms with van der Waals surface area (Å²) in [5.41, 5.74) is 3.53. The van der Waals surface area contributed by atoms with E-state index in [-0.39, 0.29) is 16.5 Å². The van der Waals surface area contributed by atoms with Gasteiger partial charge in [0.1, 0.15) is 17.4 Å². The molecule has 0 aliphatic heterocycles. The van der Waals surface area contributed by atoms with Crippen molar-refractivity contribution in [1.82, 2.24) is 9.97 Å². The van der Waals surface area contributed by atoms with Gasteiger partial charge in [-0.05, 0) is 129 Å². The Morgan fingerprint density at radius 1 is 0.909 bits per heavy atom. The van der Waals surface area contributed by atoms with Gasteiger partial charge in [-0.2, -0.15) is 0 Å². The zero-order chi connectivity index (χ0) is 31.6. The van der Waals surface area contributed by atoms with Crippen molar-refractivity contribution in [3.63, 3.8) is 0 Å². The summed E-state index contributed by atoms with van der Waals surface area (Å²) in [7, 11) is -1.96. The van der Waals surface area contributed by atoms with Crippen LogP contribution in [0.3, 0.4) is 0 Å². The van der Waals surface area contributed by atoms with Crippen LogP contribution in [0.4, 0.5) is 4.39 Å². The number of hydrogen-bond acceptors (Lipinski definition) is 3. The second kappa shape index (κ2) is 11.5. The van der Waals surface area contributed by atoms with E-state index < -0.39 is 8.32 Å². The standard InChI is InChI=1S/C36H41Br2FN2O2Si/c1-35(2,3)44(6,7)43-36(4,5)20-22-10-12-25-27(16-22)28-19-24(42-15-14-21-8-9-21)11-13-26(28)33-32(25)40-34(41-33)31-29(37)17-23(39)18-30(31)38/h10-13,16-19,21H,8-9,14-15,20H2,1-7H3,(H,40,41). The summed E-state index contributed by atoms with van der Waals surface area (Å²) in [4.78, 5) is 8.67. The van der Waals surface area contributed by atoms with Crippen molar-refractivity contribution in [3.05, 3.63) is 68.9 Å². The van der Waals surface area contributed by atoms with Gasteiger partial charge >= 0.3 is 0 Å². The van der Waals surface area contributed by atoms with Gasteiger partial charge in [0.05, 0.1) is 23.2 Å². The van der Waals surface area contributed by atoms with E-state index in [4.69, 9.17) is 14.1 Å². The SMILES string of the molecule is CC(C)(Cc1ccc2c(c1)c1cc(OCCC3CC3)ccc1c1nc(-c3c(Br)cc(F)cc3Br)[nH]c21)O[Si](C)(C)C(C)(C)C. The Morgan fingerprint density at radius 2 is 1.57 bits per heavy atom. The summed E-state index contributed by atoms with van der Waals surface area (Å²) < 4.78 is 28.5. The number of aromatic nitrogens is 2. The third-order valence-electron chi connectivity index (χ3n) is 9.30. The lowest BCUT2D eigenvalue weighted by Gasteiger charge is -2.43. The van der Waals surface area contributed by atoms with Crippen LogP contribution >= 0.6 is 31.9 Å². The van der Waals surface area contributed by atoms with Crippen molar-refractivity contribution in [1.29, 1.82) is 0 Å². The van der Waals surface area contributed by atoms with Gasteiger partial charge in [-0.3, -0.25) is 0 Å². The van der Waals surface area contributed by atoms with Crippen molar-refractivity contribution in [2.24, 2.45) is 5.92 Å². The molecule has 0 radical (unpaired) electrons. The molecule has 0 unspecified atom stereocenters. The van der Waals surface area contributed by atoms with Crippen LogP contribution in [0.25, 0.3) is 44.0 Å². The number of aromatic amines is 1. The molecule has 0 spiro atoms. The van der Waals surface area contributed by atoms with Crippen LogP contribution in [0.2, 0.25) is 18.1 Å². The molecule has 0 saturated heterocycles. The molecule has 8 heteroatoms. The summed E-state index contributed by atoms with van der Waals surface area (Å²) in [5, 5.41) is 4.53. The summed E-state index contributed by atoms with van der Waals surface area (Å²) in [6.07, 6.45) is 4.55. The highest BCUT2D eigenvalue weighted by molar-refractivity contribution is 9.11. The predicted octanol–water partition coefficient (Wildman–Crippen LogP) is 11.7. The Morgan fingerprint density at radius 3 is 2.23 bits per heavy atom. The number of nitrogens with zero attached hydrogens (tertiary/aromatic N) is 1. The van der Waals surface area contributed by atoms with Crippen LogP contribution in [0.15, 0.2) is 57.5 Å². The molecule has 1 N–H and O–H groups in total. The summed E-state index contributed by atoms with van der Waals surface area (Å²) in [6, 6.07) is 16.0. The first-order valence-corrected chi connectivity index (χ1v) is 20.0. The van der Waals surface area contributed by atoms with Gasteiger partial charge < -0.3 is 14.1 Å². The number of fused-ring (bicyclic) bond motifs is 6. The van der Waals surface area contributed by atoms with Gasteiger partial charge in [-0.1, -0.05) is 51.8 Å². The second-order valence-corrected chi connectivity index (χ2v) is 21.0. The molecule has 4 aromatic carbocycles. The van der Waals surface area contributed by atoms with Gasteiger partial charge in [0, 0.05) is 25.3 Å². The van der Waals surface area contributed by atoms with Crippen molar-refractivity contribution >= 4 is 72.8 Å². The quantitative estimate of drug-likeness (QED) is 0.121. The molecule has 5 aromatic rings. The van der Waals surface area contributed by atoms with E-state index in [2.05, 4.69) is 121 Å². The van der Waals surface area contributed by atoms with Crippen LogP contribution in [-0.2, 0) is 10.8 Å². The zero-order valence-electron chi connectivity index (χ0n) is 26.6. The minimum absolute atomic E-state index is 0.137. The van der Waals surface area contributed by atoms with Crippen LogP contribution in [0, 0.1) is 11.7 Å². The van der Waals surface area contributed by atoms with E-state index in [0.29, 0.717) is 14.8 Å². The lowest BCUT2D eigenvalue weighted by Crippen LogP contribution is -2.48. The van der Waals surface area contributed by atoms with Crippen LogP contribution in [0.1, 0.15) is 59.4 Å². The van der Waals surface area contributed by atoms with E-state index in [1.54, 1.807) is 0 Å². The lowest BCUT2D eigenvalue weighted by atomic mass is 9.93. The van der Waals surface area contributed by atoms with Crippen LogP contribution < -0.4 is 4.74 Å². The topological polar surface area (TPSA) is 47.1 Å². The fraction of sp³-hybridized carbons (Fsp3) is 0.417. The average Bonchev–Trinajstić information content (AvgIpc) is 3.62. The third kappa shape index (κ3) is 6.37. The largest absolute Gasteiger partial charge is 0.494 e. The first-order valence-electron chi connectivity index (χ1n) is 15.5. The Labute approximate surface area is 277 Å². The van der Waals surface area contributed by atoms with E-state index in [0.717, 1.165) is 69.3 Å². The molecule has 0 atom stereocenters. The Kier molecular flexibility index (Phi) is 8.30. The fourth-order valence-electron chi connectivity index (χ4n) is 5.96. The fourth-order valence-corrected chi connectivity index (χ4v) is 9.22. The molecule has 4 nitrogen and oxygen atoms in total. The first-order chi connectivity index (χ1) is 20.6. The summed E-state index contributed by atoms with van der Waals surface area (Å²) in [5.74, 6) is 2.06. The second-order valence-electron chi connectivity index (χ2n) is 14.5. The monoisotopic (exact) mass is 738 g/mol. The molecule has 6 rings (SSSR count). The highest BCUT2D eigenvalue weighted by Crippen LogP contribution is 2.42. The maximum Gasteiger partial charge on any atom is 0.192 e. The third-order valence-corrected chi connectivity index (χ3v) is 15.2. The van der Waals surface area contributed by atoms with E-state index in [1.807, 2.05) is 0 Å². The number of H-pyrrole nitrogens is 1. The van der Waals surface area contributed by atoms with Gasteiger partial charge in [-0.15, -0.1) is 0 Å². The normalized spacial score (nSPS) is 14.7. The number of halogens is 3. The molecule has 1 saturated carbocycles. The minimum Gasteiger partial charge on any atom is -0.494 e. The molecule has 0 bridgehead atoms. The Hall–Kier alpha value is -2.26. The van der Waals surface area contributed by atoms with Crippen LogP contribution in [-0.4, -0.2) is 30.5 Å². The van der Waals surface area contributed by atoms with Gasteiger partial charge in [0.25, 0.3) is 0 Å².